The van der Waals surface area contributed by atoms with Gasteiger partial charge >= 0.3 is 0 Å². The third-order valence-corrected chi connectivity index (χ3v) is 3.09. The number of rotatable bonds is 4. The minimum absolute atomic E-state index is 0.293. The van der Waals surface area contributed by atoms with E-state index in [0.717, 1.165) is 11.1 Å². The topological polar surface area (TPSA) is 52.3 Å². The summed E-state index contributed by atoms with van der Waals surface area (Å²) in [5, 5.41) is 0.456. The van der Waals surface area contributed by atoms with E-state index in [1.54, 1.807) is 12.1 Å². The maximum Gasteiger partial charge on any atom is 0.252 e. The molecule has 98 valence electrons. The summed E-state index contributed by atoms with van der Waals surface area (Å²) in [6, 6.07) is 12.7. The van der Waals surface area contributed by atoms with E-state index in [-0.39, 0.29) is 0 Å². The van der Waals surface area contributed by atoms with Crippen LogP contribution in [-0.4, -0.2) is 5.91 Å². The van der Waals surface area contributed by atoms with E-state index >= 15 is 0 Å². The van der Waals surface area contributed by atoms with Crippen LogP contribution in [0.1, 0.15) is 21.5 Å². The van der Waals surface area contributed by atoms with E-state index < -0.39 is 5.91 Å². The lowest BCUT2D eigenvalue weighted by Gasteiger charge is -2.11. The summed E-state index contributed by atoms with van der Waals surface area (Å²) in [5.41, 5.74) is 7.80. The molecule has 2 aromatic rings. The molecule has 1 amide bonds. The van der Waals surface area contributed by atoms with Crippen LogP contribution in [0.25, 0.3) is 0 Å². The quantitative estimate of drug-likeness (QED) is 0.930. The second-order valence-corrected chi connectivity index (χ2v) is 4.66. The average molecular weight is 276 g/mol. The van der Waals surface area contributed by atoms with Crippen molar-refractivity contribution < 1.29 is 9.53 Å². The molecule has 0 saturated heterocycles. The fourth-order valence-electron chi connectivity index (χ4n) is 1.75. The maximum absolute atomic E-state index is 11.3. The Hall–Kier alpha value is -2.00. The molecule has 0 bridgehead atoms. The normalized spacial score (nSPS) is 10.2. The highest BCUT2D eigenvalue weighted by atomic mass is 35.5. The van der Waals surface area contributed by atoms with Gasteiger partial charge in [0.15, 0.2) is 0 Å². The zero-order chi connectivity index (χ0) is 13.8. The summed E-state index contributed by atoms with van der Waals surface area (Å²) in [4.78, 5) is 11.3. The third-order valence-electron chi connectivity index (χ3n) is 2.85. The zero-order valence-electron chi connectivity index (χ0n) is 10.5. The van der Waals surface area contributed by atoms with Gasteiger partial charge in [-0.05, 0) is 36.2 Å². The highest BCUT2D eigenvalue weighted by molar-refractivity contribution is 6.31. The minimum atomic E-state index is -0.553. The summed E-state index contributed by atoms with van der Waals surface area (Å²) in [6.07, 6.45) is 0. The van der Waals surface area contributed by atoms with E-state index in [9.17, 15) is 4.79 Å². The van der Waals surface area contributed by atoms with Gasteiger partial charge in [0, 0.05) is 5.02 Å². The van der Waals surface area contributed by atoms with Gasteiger partial charge in [-0.2, -0.15) is 0 Å². The Morgan fingerprint density at radius 2 is 2.00 bits per heavy atom. The Bertz CT molecular complexity index is 611. The largest absolute Gasteiger partial charge is 0.488 e. The lowest BCUT2D eigenvalue weighted by molar-refractivity contribution is 0.0996. The van der Waals surface area contributed by atoms with Crippen LogP contribution in [-0.2, 0) is 6.61 Å². The van der Waals surface area contributed by atoms with Crippen LogP contribution >= 0.6 is 11.6 Å². The van der Waals surface area contributed by atoms with Crippen LogP contribution in [0.15, 0.2) is 42.5 Å². The number of hydrogen-bond donors (Lipinski definition) is 1. The molecule has 2 aromatic carbocycles. The number of carbonyl (C=O) groups excluding carboxylic acids is 1. The molecular weight excluding hydrogens is 262 g/mol. The molecule has 0 atom stereocenters. The van der Waals surface area contributed by atoms with E-state index in [1.807, 2.05) is 31.2 Å². The van der Waals surface area contributed by atoms with Crippen molar-refractivity contribution in [1.29, 1.82) is 0 Å². The lowest BCUT2D eigenvalue weighted by Crippen LogP contribution is -2.13. The van der Waals surface area contributed by atoms with Gasteiger partial charge in [-0.1, -0.05) is 35.9 Å². The molecule has 0 aliphatic rings. The number of nitrogens with two attached hydrogens (primary N) is 1. The number of amides is 1. The van der Waals surface area contributed by atoms with Crippen molar-refractivity contribution in [1.82, 2.24) is 0 Å². The number of ether oxygens (including phenoxy) is 1. The van der Waals surface area contributed by atoms with E-state index in [0.29, 0.717) is 22.9 Å². The number of carbonyl (C=O) groups is 1. The number of aryl methyl sites for hydroxylation is 1. The van der Waals surface area contributed by atoms with Crippen LogP contribution in [0.3, 0.4) is 0 Å². The first-order valence-electron chi connectivity index (χ1n) is 5.84. The molecule has 0 heterocycles. The zero-order valence-corrected chi connectivity index (χ0v) is 11.3. The molecule has 0 saturated carbocycles. The molecule has 0 fully saturated rings. The van der Waals surface area contributed by atoms with Crippen molar-refractivity contribution in [3.8, 4) is 5.75 Å². The van der Waals surface area contributed by atoms with Gasteiger partial charge in [0.05, 0.1) is 5.56 Å². The second kappa shape index (κ2) is 5.76. The first kappa shape index (κ1) is 13.4. The Kier molecular flexibility index (Phi) is 4.07. The summed E-state index contributed by atoms with van der Waals surface area (Å²) in [5.74, 6) is -0.109. The SMILES string of the molecule is Cc1ccccc1COc1ccc(Cl)cc1C(N)=O. The van der Waals surface area contributed by atoms with Crippen molar-refractivity contribution in [2.45, 2.75) is 13.5 Å². The fraction of sp³-hybridized carbons (Fsp3) is 0.133. The molecule has 2 rings (SSSR count). The molecule has 19 heavy (non-hydrogen) atoms. The molecule has 0 spiro atoms. The molecule has 0 radical (unpaired) electrons. The minimum Gasteiger partial charge on any atom is -0.488 e. The Balaban J connectivity index is 2.20. The van der Waals surface area contributed by atoms with Gasteiger partial charge in [0.2, 0.25) is 0 Å². The van der Waals surface area contributed by atoms with Crippen LogP contribution in [0, 0.1) is 6.92 Å². The number of primary amides is 1. The molecule has 0 unspecified atom stereocenters. The van der Waals surface area contributed by atoms with Crippen molar-refractivity contribution in [2.75, 3.05) is 0 Å². The van der Waals surface area contributed by atoms with Gasteiger partial charge in [-0.3, -0.25) is 4.79 Å². The van der Waals surface area contributed by atoms with Gasteiger partial charge in [-0.15, -0.1) is 0 Å². The summed E-state index contributed by atoms with van der Waals surface area (Å²) < 4.78 is 5.66. The lowest BCUT2D eigenvalue weighted by atomic mass is 10.1. The Labute approximate surface area is 117 Å². The molecule has 0 aliphatic heterocycles. The van der Waals surface area contributed by atoms with Crippen LogP contribution in [0.5, 0.6) is 5.75 Å². The molecule has 4 heteroatoms. The van der Waals surface area contributed by atoms with Crippen molar-refractivity contribution in [2.24, 2.45) is 5.73 Å². The van der Waals surface area contributed by atoms with E-state index in [2.05, 4.69) is 0 Å². The molecular formula is C15H14ClNO2. The standard InChI is InChI=1S/C15H14ClNO2/c1-10-4-2-3-5-11(10)9-19-14-7-6-12(16)8-13(14)15(17)18/h2-8H,9H2,1H3,(H2,17,18). The predicted octanol–water partition coefficient (Wildman–Crippen LogP) is 3.33. The first-order valence-corrected chi connectivity index (χ1v) is 6.22. The average Bonchev–Trinajstić information content (AvgIpc) is 2.38. The predicted molar refractivity (Wildman–Crippen MR) is 75.5 cm³/mol. The monoisotopic (exact) mass is 275 g/mol. The van der Waals surface area contributed by atoms with Crippen molar-refractivity contribution >= 4 is 17.5 Å². The summed E-state index contributed by atoms with van der Waals surface area (Å²) >= 11 is 5.84. The molecule has 2 N–H and O–H groups in total. The maximum atomic E-state index is 11.3. The van der Waals surface area contributed by atoms with Gasteiger partial charge in [0.1, 0.15) is 12.4 Å². The van der Waals surface area contributed by atoms with Gasteiger partial charge in [0.25, 0.3) is 5.91 Å². The van der Waals surface area contributed by atoms with Crippen molar-refractivity contribution in [3.05, 3.63) is 64.2 Å². The summed E-state index contributed by atoms with van der Waals surface area (Å²) in [6.45, 7) is 2.39. The highest BCUT2D eigenvalue weighted by Crippen LogP contribution is 2.23. The van der Waals surface area contributed by atoms with Crippen LogP contribution < -0.4 is 10.5 Å². The Morgan fingerprint density at radius 1 is 1.26 bits per heavy atom. The molecule has 0 aliphatic carbocycles. The third kappa shape index (κ3) is 3.26. The molecule has 0 aromatic heterocycles. The number of benzene rings is 2. The van der Waals surface area contributed by atoms with Gasteiger partial charge < -0.3 is 10.5 Å². The molecule has 3 nitrogen and oxygen atoms in total. The van der Waals surface area contributed by atoms with Crippen molar-refractivity contribution in [3.63, 3.8) is 0 Å². The smallest absolute Gasteiger partial charge is 0.252 e. The Morgan fingerprint density at radius 3 is 2.68 bits per heavy atom. The van der Waals surface area contributed by atoms with Gasteiger partial charge in [-0.25, -0.2) is 0 Å². The number of halogens is 1. The first-order chi connectivity index (χ1) is 9.08. The number of hydrogen-bond acceptors (Lipinski definition) is 2. The van der Waals surface area contributed by atoms with E-state index in [1.165, 1.54) is 6.07 Å². The summed E-state index contributed by atoms with van der Waals surface area (Å²) in [7, 11) is 0. The van der Waals surface area contributed by atoms with E-state index in [4.69, 9.17) is 22.1 Å². The van der Waals surface area contributed by atoms with Crippen LogP contribution in [0.2, 0.25) is 5.02 Å². The second-order valence-electron chi connectivity index (χ2n) is 4.22. The fourth-order valence-corrected chi connectivity index (χ4v) is 1.92. The van der Waals surface area contributed by atoms with Crippen LogP contribution in [0.4, 0.5) is 0 Å². The highest BCUT2D eigenvalue weighted by Gasteiger charge is 2.10.